The van der Waals surface area contributed by atoms with Crippen LogP contribution in [0.25, 0.3) is 0 Å². The molecule has 2 saturated heterocycles. The lowest BCUT2D eigenvalue weighted by Gasteiger charge is -2.52. The molecule has 2 heterocycles. The van der Waals surface area contributed by atoms with E-state index in [1.165, 1.54) is 25.7 Å². The van der Waals surface area contributed by atoms with Gasteiger partial charge in [-0.1, -0.05) is 77.0 Å². The van der Waals surface area contributed by atoms with Crippen LogP contribution in [0.1, 0.15) is 128 Å². The quantitative estimate of drug-likeness (QED) is 0.523. The number of amides is 4. The molecule has 4 amide bonds. The first-order chi connectivity index (χ1) is 18.5. The molecule has 2 aliphatic heterocycles. The van der Waals surface area contributed by atoms with Gasteiger partial charge in [0.25, 0.3) is 5.91 Å². The second-order valence-corrected chi connectivity index (χ2v) is 13.1. The summed E-state index contributed by atoms with van der Waals surface area (Å²) in [7, 11) is 0. The highest BCUT2D eigenvalue weighted by Crippen LogP contribution is 2.50. The Kier molecular flexibility index (Phi) is 7.73. The van der Waals surface area contributed by atoms with Crippen molar-refractivity contribution in [3.8, 4) is 0 Å². The first kappa shape index (κ1) is 26.5. The van der Waals surface area contributed by atoms with E-state index in [0.717, 1.165) is 103 Å². The third-order valence-corrected chi connectivity index (χ3v) is 10.9. The number of carbonyl (C=O) groups is 3. The first-order valence-electron chi connectivity index (χ1n) is 16.1. The van der Waals surface area contributed by atoms with Gasteiger partial charge in [0, 0.05) is 30.7 Å². The zero-order valence-corrected chi connectivity index (χ0v) is 23.3. The summed E-state index contributed by atoms with van der Waals surface area (Å²) in [6, 6.07) is -0.298. The van der Waals surface area contributed by atoms with E-state index in [2.05, 4.69) is 14.7 Å². The van der Waals surface area contributed by atoms with Crippen molar-refractivity contribution in [3.63, 3.8) is 0 Å². The molecule has 8 heteroatoms. The van der Waals surface area contributed by atoms with Crippen LogP contribution in [-0.2, 0) is 9.59 Å². The van der Waals surface area contributed by atoms with Crippen LogP contribution in [0.5, 0.6) is 0 Å². The fourth-order valence-corrected chi connectivity index (χ4v) is 9.17. The highest BCUT2D eigenvalue weighted by Gasteiger charge is 2.73. The summed E-state index contributed by atoms with van der Waals surface area (Å²) in [5.41, 5.74) is 6.18. The Morgan fingerprint density at radius 3 is 1.58 bits per heavy atom. The number of rotatable bonds is 5. The molecule has 4 saturated carbocycles. The minimum absolute atomic E-state index is 0.0248. The highest BCUT2D eigenvalue weighted by atomic mass is 16.2. The summed E-state index contributed by atoms with van der Waals surface area (Å²) in [5, 5.41) is 0. The fourth-order valence-electron chi connectivity index (χ4n) is 9.17. The molecule has 2 unspecified atom stereocenters. The molecule has 4 aliphatic carbocycles. The highest BCUT2D eigenvalue weighted by molar-refractivity contribution is 6.07. The lowest BCUT2D eigenvalue weighted by Crippen LogP contribution is -2.73. The third kappa shape index (κ3) is 4.29. The van der Waals surface area contributed by atoms with Gasteiger partial charge in [0.15, 0.2) is 0 Å². The fraction of sp³-hybridized carbons (Fsp3) is 0.900. The van der Waals surface area contributed by atoms with E-state index in [-0.39, 0.29) is 42.0 Å². The molecule has 0 aromatic rings. The van der Waals surface area contributed by atoms with E-state index in [1.807, 2.05) is 0 Å². The second kappa shape index (κ2) is 11.1. The molecule has 212 valence electrons. The third-order valence-electron chi connectivity index (χ3n) is 10.9. The minimum Gasteiger partial charge on any atom is -0.368 e. The Morgan fingerprint density at radius 2 is 1.08 bits per heavy atom. The SMILES string of the molecule is NC(=O)C1CN(C2CCCCC2)C2(C(=O)N(C3CCCCC3)C(=O)N2C2CCCCC2)N1C1CCCCC1. The Balaban J connectivity index is 1.52. The van der Waals surface area contributed by atoms with E-state index >= 15 is 4.79 Å². The first-order valence-corrected chi connectivity index (χ1v) is 16.1. The van der Waals surface area contributed by atoms with Gasteiger partial charge >= 0.3 is 6.03 Å². The molecule has 2 N–H and O–H groups in total. The molecular formula is C30H49N5O3. The molecule has 6 fully saturated rings. The normalized spacial score (nSPS) is 34.2. The van der Waals surface area contributed by atoms with Gasteiger partial charge in [-0.25, -0.2) is 9.69 Å². The maximum atomic E-state index is 15.2. The zero-order valence-electron chi connectivity index (χ0n) is 23.3. The van der Waals surface area contributed by atoms with E-state index in [9.17, 15) is 9.59 Å². The maximum absolute atomic E-state index is 15.2. The summed E-state index contributed by atoms with van der Waals surface area (Å²) < 4.78 is 0. The topological polar surface area (TPSA) is 90.2 Å². The van der Waals surface area contributed by atoms with Crippen molar-refractivity contribution in [3.05, 3.63) is 0 Å². The van der Waals surface area contributed by atoms with Crippen molar-refractivity contribution in [2.45, 2.75) is 164 Å². The second-order valence-electron chi connectivity index (χ2n) is 13.1. The van der Waals surface area contributed by atoms with Gasteiger partial charge in [0.05, 0.1) is 0 Å². The van der Waals surface area contributed by atoms with Gasteiger partial charge in [-0.05, 0) is 51.4 Å². The molecule has 38 heavy (non-hydrogen) atoms. The summed E-state index contributed by atoms with van der Waals surface area (Å²) >= 11 is 0. The Labute approximate surface area is 228 Å². The monoisotopic (exact) mass is 527 g/mol. The van der Waals surface area contributed by atoms with E-state index in [0.29, 0.717) is 6.54 Å². The number of carbonyl (C=O) groups excluding carboxylic acids is 3. The number of urea groups is 1. The average Bonchev–Trinajstić information content (AvgIpc) is 3.43. The molecule has 6 rings (SSSR count). The lowest BCUT2D eigenvalue weighted by molar-refractivity contribution is -0.175. The van der Waals surface area contributed by atoms with Gasteiger partial charge in [-0.15, -0.1) is 0 Å². The molecule has 6 aliphatic rings. The van der Waals surface area contributed by atoms with Crippen LogP contribution in [0.3, 0.4) is 0 Å². The van der Waals surface area contributed by atoms with Crippen molar-refractivity contribution in [2.75, 3.05) is 6.54 Å². The van der Waals surface area contributed by atoms with Gasteiger partial charge in [-0.3, -0.25) is 24.3 Å². The molecule has 0 radical (unpaired) electrons. The predicted molar refractivity (Wildman–Crippen MR) is 146 cm³/mol. The molecular weight excluding hydrogens is 478 g/mol. The number of hydrogen-bond donors (Lipinski definition) is 1. The minimum atomic E-state index is -1.19. The van der Waals surface area contributed by atoms with Crippen LogP contribution < -0.4 is 5.73 Å². The number of nitrogens with zero attached hydrogens (tertiary/aromatic N) is 4. The maximum Gasteiger partial charge on any atom is 0.330 e. The molecule has 0 bridgehead atoms. The van der Waals surface area contributed by atoms with Crippen LogP contribution in [0.15, 0.2) is 0 Å². The van der Waals surface area contributed by atoms with Crippen molar-refractivity contribution < 1.29 is 14.4 Å². The van der Waals surface area contributed by atoms with Crippen LogP contribution in [0.2, 0.25) is 0 Å². The Bertz CT molecular complexity index is 888. The van der Waals surface area contributed by atoms with E-state index < -0.39 is 11.8 Å². The van der Waals surface area contributed by atoms with Gasteiger partial charge < -0.3 is 5.73 Å². The smallest absolute Gasteiger partial charge is 0.330 e. The molecule has 0 aromatic heterocycles. The molecule has 1 spiro atoms. The summed E-state index contributed by atoms with van der Waals surface area (Å²) in [5.74, 6) is -1.59. The van der Waals surface area contributed by atoms with Crippen LogP contribution in [0, 0.1) is 0 Å². The van der Waals surface area contributed by atoms with Gasteiger partial charge in [0.1, 0.15) is 6.04 Å². The summed E-state index contributed by atoms with van der Waals surface area (Å²) in [6.45, 7) is 0.469. The molecule has 2 atom stereocenters. The Morgan fingerprint density at radius 1 is 0.632 bits per heavy atom. The predicted octanol–water partition coefficient (Wildman–Crippen LogP) is 4.71. The summed E-state index contributed by atoms with van der Waals surface area (Å²) in [6.07, 6.45) is 21.2. The van der Waals surface area contributed by atoms with Crippen molar-refractivity contribution in [1.29, 1.82) is 0 Å². The lowest BCUT2D eigenvalue weighted by atomic mass is 9.89. The Hall–Kier alpha value is -1.67. The number of primary amides is 1. The van der Waals surface area contributed by atoms with E-state index in [4.69, 9.17) is 5.73 Å². The van der Waals surface area contributed by atoms with Crippen LogP contribution >= 0.6 is 0 Å². The van der Waals surface area contributed by atoms with E-state index in [1.54, 1.807) is 4.90 Å². The summed E-state index contributed by atoms with van der Waals surface area (Å²) in [4.78, 5) is 51.4. The standard InChI is InChI=1S/C30H49N5O3/c31-27(36)26-21-32(22-13-5-1-6-14-22)30(34(26)24-17-9-3-10-18-24)28(37)33(23-15-7-2-8-16-23)29(38)35(30)25-19-11-4-12-20-25/h22-26H,1-21H2,(H2,31,36). The van der Waals surface area contributed by atoms with Gasteiger partial charge in [-0.2, -0.15) is 0 Å². The van der Waals surface area contributed by atoms with Crippen molar-refractivity contribution >= 4 is 17.8 Å². The number of nitrogens with two attached hydrogens (primary N) is 1. The average molecular weight is 528 g/mol. The van der Waals surface area contributed by atoms with Crippen LogP contribution in [-0.4, -0.2) is 80.0 Å². The zero-order chi connectivity index (χ0) is 26.3. The van der Waals surface area contributed by atoms with Crippen molar-refractivity contribution in [2.24, 2.45) is 5.73 Å². The largest absolute Gasteiger partial charge is 0.368 e. The van der Waals surface area contributed by atoms with Crippen molar-refractivity contribution in [1.82, 2.24) is 19.6 Å². The number of hydrogen-bond acceptors (Lipinski definition) is 5. The number of imide groups is 1. The molecule has 0 aromatic carbocycles. The van der Waals surface area contributed by atoms with Crippen LogP contribution in [0.4, 0.5) is 4.79 Å². The molecule has 8 nitrogen and oxygen atoms in total. The van der Waals surface area contributed by atoms with Gasteiger partial charge in [0.2, 0.25) is 11.7 Å².